The Morgan fingerprint density at radius 1 is 1.11 bits per heavy atom. The second-order valence-corrected chi connectivity index (χ2v) is 10.4. The van der Waals surface area contributed by atoms with Crippen molar-refractivity contribution in [3.8, 4) is 0 Å². The summed E-state index contributed by atoms with van der Waals surface area (Å²) in [5, 5.41) is 0. The molecule has 1 amide bonds. The van der Waals surface area contributed by atoms with Crippen LogP contribution in [-0.2, 0) is 20.2 Å². The smallest absolute Gasteiger partial charge is 0.261 e. The van der Waals surface area contributed by atoms with E-state index >= 15 is 0 Å². The molecular formula is C22H26N2O3S. The maximum Gasteiger partial charge on any atom is 0.261 e. The molecule has 148 valence electrons. The van der Waals surface area contributed by atoms with E-state index in [1.807, 2.05) is 36.9 Å². The molecule has 1 heterocycles. The lowest BCUT2D eigenvalue weighted by molar-refractivity contribution is -0.119. The van der Waals surface area contributed by atoms with E-state index < -0.39 is 10.0 Å². The average Bonchev–Trinajstić information content (AvgIpc) is 3.43. The molecule has 28 heavy (non-hydrogen) atoms. The fraction of sp³-hybridized carbons (Fsp3) is 0.409. The number of hydrogen-bond acceptors (Lipinski definition) is 3. The first-order chi connectivity index (χ1) is 13.1. The van der Waals surface area contributed by atoms with E-state index in [0.29, 0.717) is 12.2 Å². The van der Waals surface area contributed by atoms with E-state index in [2.05, 4.69) is 18.6 Å². The van der Waals surface area contributed by atoms with Crippen LogP contribution in [0.5, 0.6) is 0 Å². The van der Waals surface area contributed by atoms with Gasteiger partial charge in [-0.25, -0.2) is 8.42 Å². The zero-order valence-corrected chi connectivity index (χ0v) is 17.6. The predicted octanol–water partition coefficient (Wildman–Crippen LogP) is 4.14. The summed E-state index contributed by atoms with van der Waals surface area (Å²) in [7, 11) is -3.72. The quantitative estimate of drug-likeness (QED) is 0.842. The molecule has 5 nitrogen and oxygen atoms in total. The fourth-order valence-corrected chi connectivity index (χ4v) is 4.97. The van der Waals surface area contributed by atoms with Crippen LogP contribution in [0.25, 0.3) is 0 Å². The summed E-state index contributed by atoms with van der Waals surface area (Å²) in [6.45, 7) is 8.51. The number of aryl methyl sites for hydroxylation is 2. The van der Waals surface area contributed by atoms with Crippen molar-refractivity contribution in [1.82, 2.24) is 0 Å². The molecule has 0 atom stereocenters. The molecule has 2 aromatic rings. The lowest BCUT2D eigenvalue weighted by Gasteiger charge is -2.20. The largest absolute Gasteiger partial charge is 0.311 e. The molecule has 0 saturated heterocycles. The minimum Gasteiger partial charge on any atom is -0.311 e. The summed E-state index contributed by atoms with van der Waals surface area (Å²) in [5.41, 5.74) is 3.91. The Hall–Kier alpha value is -2.34. The number of amides is 1. The Kier molecular flexibility index (Phi) is 4.30. The highest BCUT2D eigenvalue weighted by atomic mass is 32.2. The van der Waals surface area contributed by atoms with Gasteiger partial charge in [0.1, 0.15) is 0 Å². The number of carbonyl (C=O) groups excluding carboxylic acids is 1. The molecule has 2 aliphatic rings. The van der Waals surface area contributed by atoms with Gasteiger partial charge in [0, 0.05) is 23.6 Å². The van der Waals surface area contributed by atoms with E-state index in [0.717, 1.165) is 35.2 Å². The number of sulfonamides is 1. The predicted molar refractivity (Wildman–Crippen MR) is 111 cm³/mol. The molecule has 1 N–H and O–H groups in total. The van der Waals surface area contributed by atoms with Crippen LogP contribution in [0.4, 0.5) is 11.4 Å². The summed E-state index contributed by atoms with van der Waals surface area (Å²) < 4.78 is 28.8. The van der Waals surface area contributed by atoms with Crippen LogP contribution in [0.15, 0.2) is 41.3 Å². The minimum absolute atomic E-state index is 0.135. The van der Waals surface area contributed by atoms with Crippen molar-refractivity contribution in [1.29, 1.82) is 0 Å². The van der Waals surface area contributed by atoms with Gasteiger partial charge >= 0.3 is 0 Å². The third-order valence-electron chi connectivity index (χ3n) is 5.68. The zero-order valence-electron chi connectivity index (χ0n) is 16.7. The number of benzene rings is 2. The number of nitrogens with one attached hydrogen (secondary N) is 1. The third kappa shape index (κ3) is 3.30. The minimum atomic E-state index is -3.72. The van der Waals surface area contributed by atoms with Crippen LogP contribution in [-0.4, -0.2) is 20.9 Å². The van der Waals surface area contributed by atoms with Crippen LogP contribution < -0.4 is 9.62 Å². The molecule has 0 aromatic heterocycles. The van der Waals surface area contributed by atoms with E-state index in [4.69, 9.17) is 0 Å². The first-order valence-corrected chi connectivity index (χ1v) is 11.1. The van der Waals surface area contributed by atoms with Gasteiger partial charge in [0.25, 0.3) is 10.0 Å². The first-order valence-electron chi connectivity index (χ1n) is 9.64. The second kappa shape index (κ2) is 6.34. The van der Waals surface area contributed by atoms with Crippen LogP contribution in [0.2, 0.25) is 0 Å². The molecule has 4 rings (SSSR count). The highest BCUT2D eigenvalue weighted by Crippen LogP contribution is 2.44. The Morgan fingerprint density at radius 2 is 1.82 bits per heavy atom. The van der Waals surface area contributed by atoms with Gasteiger partial charge < -0.3 is 4.90 Å². The lowest BCUT2D eigenvalue weighted by Crippen LogP contribution is -2.34. The van der Waals surface area contributed by atoms with Crippen molar-refractivity contribution in [3.05, 3.63) is 53.1 Å². The molecule has 0 unspecified atom stereocenters. The van der Waals surface area contributed by atoms with Crippen LogP contribution in [0.3, 0.4) is 0 Å². The average molecular weight is 399 g/mol. The van der Waals surface area contributed by atoms with E-state index in [9.17, 15) is 13.2 Å². The molecule has 0 spiro atoms. The Morgan fingerprint density at radius 3 is 2.50 bits per heavy atom. The van der Waals surface area contributed by atoms with Crippen molar-refractivity contribution >= 4 is 27.3 Å². The number of hydrogen-bond donors (Lipinski definition) is 1. The summed E-state index contributed by atoms with van der Waals surface area (Å²) in [6, 6.07) is 10.8. The maximum atomic E-state index is 13.0. The number of anilines is 2. The Bertz CT molecular complexity index is 1070. The van der Waals surface area contributed by atoms with E-state index in [-0.39, 0.29) is 22.1 Å². The van der Waals surface area contributed by atoms with Crippen molar-refractivity contribution in [2.24, 2.45) is 5.92 Å². The molecule has 2 aromatic carbocycles. The molecular weight excluding hydrogens is 372 g/mol. The number of carbonyl (C=O) groups is 1. The van der Waals surface area contributed by atoms with Gasteiger partial charge in [0.15, 0.2) is 0 Å². The van der Waals surface area contributed by atoms with Gasteiger partial charge in [-0.1, -0.05) is 26.0 Å². The monoisotopic (exact) mass is 398 g/mol. The third-order valence-corrected chi connectivity index (χ3v) is 7.04. The Balaban J connectivity index is 1.70. The summed E-state index contributed by atoms with van der Waals surface area (Å²) in [6.07, 6.45) is 1.91. The van der Waals surface area contributed by atoms with Crippen molar-refractivity contribution < 1.29 is 13.2 Å². The molecule has 0 radical (unpaired) electrons. The van der Waals surface area contributed by atoms with E-state index in [1.54, 1.807) is 18.2 Å². The highest BCUT2D eigenvalue weighted by molar-refractivity contribution is 7.92. The lowest BCUT2D eigenvalue weighted by atomic mass is 9.87. The van der Waals surface area contributed by atoms with E-state index in [1.165, 1.54) is 0 Å². The number of nitrogens with zero attached hydrogens (tertiary/aromatic N) is 1. The Labute approximate surface area is 166 Å². The molecule has 1 aliphatic heterocycles. The summed E-state index contributed by atoms with van der Waals surface area (Å²) >= 11 is 0. The molecule has 1 saturated carbocycles. The SMILES string of the molecule is Cc1ccc(C)c(NS(=O)(=O)c2ccc3c(c2)C(C)(C)CN3C(=O)C2CC2)c1. The van der Waals surface area contributed by atoms with Gasteiger partial charge in [0.2, 0.25) is 5.91 Å². The van der Waals surface area contributed by atoms with Gasteiger partial charge in [0.05, 0.1) is 10.6 Å². The van der Waals surface area contributed by atoms with Crippen molar-refractivity contribution in [2.45, 2.75) is 50.8 Å². The second-order valence-electron chi connectivity index (χ2n) is 8.69. The first kappa shape index (κ1) is 19.0. The van der Waals surface area contributed by atoms with Gasteiger partial charge in [-0.2, -0.15) is 0 Å². The topological polar surface area (TPSA) is 66.5 Å². The van der Waals surface area contributed by atoms with Crippen LogP contribution in [0.1, 0.15) is 43.4 Å². The maximum absolute atomic E-state index is 13.0. The molecule has 6 heteroatoms. The van der Waals surface area contributed by atoms with Gasteiger partial charge in [-0.05, 0) is 67.6 Å². The zero-order chi connectivity index (χ0) is 20.3. The summed E-state index contributed by atoms with van der Waals surface area (Å²) in [4.78, 5) is 14.7. The number of fused-ring (bicyclic) bond motifs is 1. The number of rotatable bonds is 4. The van der Waals surface area contributed by atoms with Gasteiger partial charge in [-0.3, -0.25) is 9.52 Å². The van der Waals surface area contributed by atoms with Crippen molar-refractivity contribution in [2.75, 3.05) is 16.2 Å². The van der Waals surface area contributed by atoms with Crippen molar-refractivity contribution in [3.63, 3.8) is 0 Å². The molecule has 0 bridgehead atoms. The van der Waals surface area contributed by atoms with Crippen LogP contribution >= 0.6 is 0 Å². The van der Waals surface area contributed by atoms with Gasteiger partial charge in [-0.15, -0.1) is 0 Å². The highest BCUT2D eigenvalue weighted by Gasteiger charge is 2.43. The standard InChI is InChI=1S/C22H26N2O3S/c1-14-5-6-15(2)19(11-14)23-28(26,27)17-9-10-20-18(12-17)22(3,4)13-24(20)21(25)16-7-8-16/h5-6,9-12,16,23H,7-8,13H2,1-4H3. The normalized spacial score (nSPS) is 18.1. The molecule has 1 aliphatic carbocycles. The molecule has 1 fully saturated rings. The fourth-order valence-electron chi connectivity index (χ4n) is 3.82. The summed E-state index contributed by atoms with van der Waals surface area (Å²) in [5.74, 6) is 0.298. The van der Waals surface area contributed by atoms with Crippen LogP contribution in [0, 0.1) is 19.8 Å².